The topological polar surface area (TPSA) is 29.5 Å². The highest BCUT2D eigenvalue weighted by molar-refractivity contribution is 5.69. The van der Waals surface area contributed by atoms with Crippen molar-refractivity contribution >= 4 is 5.97 Å². The van der Waals surface area contributed by atoms with Gasteiger partial charge in [-0.05, 0) is 104 Å². The van der Waals surface area contributed by atoms with Crippen LogP contribution in [0.5, 0.6) is 0 Å². The van der Waals surface area contributed by atoms with Crippen LogP contribution in [-0.4, -0.2) is 37.6 Å². The molecule has 0 aliphatic rings. The minimum Gasteiger partial charge on any atom is -0.462 e. The normalized spacial score (nSPS) is 12.7. The van der Waals surface area contributed by atoms with Crippen molar-refractivity contribution in [1.29, 1.82) is 0 Å². The molecule has 0 heterocycles. The summed E-state index contributed by atoms with van der Waals surface area (Å²) in [5.74, 6) is 0.0121. The van der Waals surface area contributed by atoms with Crippen molar-refractivity contribution in [3.63, 3.8) is 0 Å². The first-order valence-electron chi connectivity index (χ1n) is 18.2. The molecule has 0 saturated carbocycles. The minimum absolute atomic E-state index is 0.0121. The van der Waals surface area contributed by atoms with Gasteiger partial charge in [-0.1, -0.05) is 122 Å². The molecule has 0 fully saturated rings. The lowest BCUT2D eigenvalue weighted by molar-refractivity contribution is -0.150. The Bertz CT molecular complexity index is 583. The van der Waals surface area contributed by atoms with Gasteiger partial charge in [0.1, 0.15) is 6.10 Å². The van der Waals surface area contributed by atoms with Crippen LogP contribution >= 0.6 is 0 Å². The van der Waals surface area contributed by atoms with E-state index in [2.05, 4.69) is 57.1 Å². The third kappa shape index (κ3) is 33.3. The minimum atomic E-state index is 0.0121. The second-order valence-electron chi connectivity index (χ2n) is 12.7. The summed E-state index contributed by atoms with van der Waals surface area (Å²) >= 11 is 0. The highest BCUT2D eigenvalue weighted by atomic mass is 16.5. The Hall–Kier alpha value is -1.09. The Balaban J connectivity index is 3.99. The first-order chi connectivity index (χ1) is 20.1. The fourth-order valence-corrected chi connectivity index (χ4v) is 5.40. The zero-order valence-electron chi connectivity index (χ0n) is 28.4. The second kappa shape index (κ2) is 33.4. The van der Waals surface area contributed by atoms with Crippen molar-refractivity contribution in [3.8, 4) is 0 Å². The van der Waals surface area contributed by atoms with Crippen molar-refractivity contribution in [3.05, 3.63) is 24.3 Å². The highest BCUT2D eigenvalue weighted by Crippen LogP contribution is 2.18. The number of esters is 1. The van der Waals surface area contributed by atoms with E-state index in [9.17, 15) is 4.79 Å². The molecule has 3 heteroatoms. The number of carbonyl (C=O) groups excluding carboxylic acids is 1. The van der Waals surface area contributed by atoms with Crippen LogP contribution < -0.4 is 0 Å². The molecule has 1 atom stereocenters. The Morgan fingerprint density at radius 3 is 1.34 bits per heavy atom. The Kier molecular flexibility index (Phi) is 32.5. The molecule has 0 bridgehead atoms. The molecule has 0 radical (unpaired) electrons. The number of unbranched alkanes of at least 4 members (excludes halogenated alkanes) is 19. The molecule has 0 rings (SSSR count). The first-order valence-corrected chi connectivity index (χ1v) is 18.2. The molecule has 0 aliphatic heterocycles. The monoisotopic (exact) mass is 576 g/mol. The zero-order valence-corrected chi connectivity index (χ0v) is 28.4. The lowest BCUT2D eigenvalue weighted by atomic mass is 10.0. The van der Waals surface area contributed by atoms with Gasteiger partial charge in [-0.15, -0.1) is 0 Å². The van der Waals surface area contributed by atoms with Gasteiger partial charge in [0.2, 0.25) is 0 Å². The maximum absolute atomic E-state index is 12.5. The zero-order chi connectivity index (χ0) is 30.1. The molecule has 242 valence electrons. The maximum Gasteiger partial charge on any atom is 0.306 e. The molecular formula is C38H73NO2. The van der Waals surface area contributed by atoms with E-state index in [1.54, 1.807) is 0 Å². The summed E-state index contributed by atoms with van der Waals surface area (Å²) in [4.78, 5) is 14.6. The predicted octanol–water partition coefficient (Wildman–Crippen LogP) is 12.1. The second-order valence-corrected chi connectivity index (χ2v) is 12.7. The number of nitrogens with zero attached hydrogens (tertiary/aromatic N) is 1. The van der Waals surface area contributed by atoms with Gasteiger partial charge < -0.3 is 9.64 Å². The fraction of sp³-hybridized carbons (Fsp3) is 0.868. The van der Waals surface area contributed by atoms with Crippen LogP contribution in [-0.2, 0) is 9.53 Å². The smallest absolute Gasteiger partial charge is 0.306 e. The molecule has 0 aromatic carbocycles. The van der Waals surface area contributed by atoms with Crippen LogP contribution in [0, 0.1) is 0 Å². The van der Waals surface area contributed by atoms with E-state index in [0.717, 1.165) is 25.8 Å². The summed E-state index contributed by atoms with van der Waals surface area (Å²) < 4.78 is 5.98. The summed E-state index contributed by atoms with van der Waals surface area (Å²) in [5.41, 5.74) is 0. The molecule has 0 amide bonds. The van der Waals surface area contributed by atoms with Crippen LogP contribution in [0.4, 0.5) is 0 Å². The van der Waals surface area contributed by atoms with E-state index in [0.29, 0.717) is 6.42 Å². The molecule has 0 spiro atoms. The maximum atomic E-state index is 12.5. The average molecular weight is 576 g/mol. The summed E-state index contributed by atoms with van der Waals surface area (Å²) in [5, 5.41) is 0. The van der Waals surface area contributed by atoms with Crippen LogP contribution in [0.2, 0.25) is 0 Å². The molecule has 1 unspecified atom stereocenters. The van der Waals surface area contributed by atoms with Gasteiger partial charge in [-0.25, -0.2) is 0 Å². The van der Waals surface area contributed by atoms with Crippen LogP contribution in [0.1, 0.15) is 187 Å². The van der Waals surface area contributed by atoms with E-state index < -0.39 is 0 Å². The van der Waals surface area contributed by atoms with E-state index in [1.807, 2.05) is 0 Å². The van der Waals surface area contributed by atoms with Crippen molar-refractivity contribution in [2.24, 2.45) is 0 Å². The Labute approximate surface area is 258 Å². The standard InChI is InChI=1S/C38H73NO2/c1-5-7-9-11-13-15-17-19-21-23-25-27-29-31-34-37(41-38(40)35-32-36-39(3)4)33-30-28-26-24-22-20-18-16-14-12-10-8-6-2/h14-17,37H,5-13,18-36H2,1-4H3. The Morgan fingerprint density at radius 2 is 0.902 bits per heavy atom. The van der Waals surface area contributed by atoms with Crippen molar-refractivity contribution < 1.29 is 9.53 Å². The van der Waals surface area contributed by atoms with Crippen LogP contribution in [0.15, 0.2) is 24.3 Å². The van der Waals surface area contributed by atoms with E-state index in [-0.39, 0.29) is 12.1 Å². The van der Waals surface area contributed by atoms with Crippen LogP contribution in [0.25, 0.3) is 0 Å². The van der Waals surface area contributed by atoms with Crippen LogP contribution in [0.3, 0.4) is 0 Å². The van der Waals surface area contributed by atoms with Gasteiger partial charge in [-0.2, -0.15) is 0 Å². The number of hydrogen-bond acceptors (Lipinski definition) is 3. The summed E-state index contributed by atoms with van der Waals surface area (Å²) in [6.45, 7) is 5.49. The molecule has 0 aliphatic carbocycles. The molecule has 3 nitrogen and oxygen atoms in total. The molecule has 0 N–H and O–H groups in total. The SMILES string of the molecule is CCCCCC=CCCCCCCCCC(CCCCCCCCC=CCCCCCC)OC(=O)CCCN(C)C. The number of ether oxygens (including phenoxy) is 1. The van der Waals surface area contributed by atoms with E-state index in [4.69, 9.17) is 4.74 Å². The molecule has 41 heavy (non-hydrogen) atoms. The average Bonchev–Trinajstić information content (AvgIpc) is 2.95. The van der Waals surface area contributed by atoms with E-state index in [1.165, 1.54) is 148 Å². The van der Waals surface area contributed by atoms with Gasteiger partial charge >= 0.3 is 5.97 Å². The third-order valence-electron chi connectivity index (χ3n) is 8.11. The van der Waals surface area contributed by atoms with Gasteiger partial charge in [0, 0.05) is 6.42 Å². The molecule has 0 aromatic rings. The van der Waals surface area contributed by atoms with E-state index >= 15 is 0 Å². The van der Waals surface area contributed by atoms with Crippen molar-refractivity contribution in [1.82, 2.24) is 4.90 Å². The largest absolute Gasteiger partial charge is 0.462 e. The number of allylic oxidation sites excluding steroid dienone is 4. The number of hydrogen-bond donors (Lipinski definition) is 0. The Morgan fingerprint density at radius 1 is 0.537 bits per heavy atom. The lowest BCUT2D eigenvalue weighted by Gasteiger charge is -2.18. The first kappa shape index (κ1) is 39.9. The number of rotatable bonds is 32. The van der Waals surface area contributed by atoms with Gasteiger partial charge in [0.05, 0.1) is 0 Å². The van der Waals surface area contributed by atoms with Crippen molar-refractivity contribution in [2.45, 2.75) is 193 Å². The summed E-state index contributed by atoms with van der Waals surface area (Å²) in [6.07, 6.45) is 43.3. The molecular weight excluding hydrogens is 502 g/mol. The molecule has 0 aromatic heterocycles. The quantitative estimate of drug-likeness (QED) is 0.0454. The summed E-state index contributed by atoms with van der Waals surface area (Å²) in [6, 6.07) is 0. The predicted molar refractivity (Wildman–Crippen MR) is 183 cm³/mol. The number of carbonyl (C=O) groups is 1. The van der Waals surface area contributed by atoms with Gasteiger partial charge in [-0.3, -0.25) is 4.79 Å². The lowest BCUT2D eigenvalue weighted by Crippen LogP contribution is -2.20. The summed E-state index contributed by atoms with van der Waals surface area (Å²) in [7, 11) is 4.12. The fourth-order valence-electron chi connectivity index (χ4n) is 5.40. The van der Waals surface area contributed by atoms with Gasteiger partial charge in [0.25, 0.3) is 0 Å². The third-order valence-corrected chi connectivity index (χ3v) is 8.11. The van der Waals surface area contributed by atoms with Gasteiger partial charge in [0.15, 0.2) is 0 Å². The highest BCUT2D eigenvalue weighted by Gasteiger charge is 2.14. The molecule has 0 saturated heterocycles. The van der Waals surface area contributed by atoms with Crippen molar-refractivity contribution in [2.75, 3.05) is 20.6 Å².